The SMILES string of the molecule is CC(=O)Nc1ccc(C(C)(C(=O)O)c2ccccc2)cc1. The summed E-state index contributed by atoms with van der Waals surface area (Å²) in [4.78, 5) is 22.8. The number of carboxylic acid groups (broad SMARTS) is 1. The van der Waals surface area contributed by atoms with Gasteiger partial charge in [0.2, 0.25) is 5.91 Å². The molecule has 1 amide bonds. The van der Waals surface area contributed by atoms with Gasteiger partial charge in [0.05, 0.1) is 0 Å². The van der Waals surface area contributed by atoms with E-state index in [-0.39, 0.29) is 5.91 Å². The van der Waals surface area contributed by atoms with Gasteiger partial charge in [-0.2, -0.15) is 0 Å². The van der Waals surface area contributed by atoms with Crippen molar-refractivity contribution in [1.29, 1.82) is 0 Å². The number of aliphatic carboxylic acids is 1. The fraction of sp³-hybridized carbons (Fsp3) is 0.176. The summed E-state index contributed by atoms with van der Waals surface area (Å²) in [6, 6.07) is 16.0. The number of carbonyl (C=O) groups excluding carboxylic acids is 1. The summed E-state index contributed by atoms with van der Waals surface area (Å²) in [6.45, 7) is 3.11. The van der Waals surface area contributed by atoms with E-state index in [0.717, 1.165) is 0 Å². The first-order valence-corrected chi connectivity index (χ1v) is 6.61. The number of anilines is 1. The molecule has 108 valence electrons. The lowest BCUT2D eigenvalue weighted by molar-refractivity contribution is -0.141. The summed E-state index contributed by atoms with van der Waals surface area (Å²) in [7, 11) is 0. The molecule has 0 aliphatic rings. The monoisotopic (exact) mass is 283 g/mol. The number of hydrogen-bond donors (Lipinski definition) is 2. The molecular formula is C17H17NO3. The normalized spacial score (nSPS) is 13.2. The maximum absolute atomic E-state index is 11.8. The summed E-state index contributed by atoms with van der Waals surface area (Å²) in [5.74, 6) is -1.08. The van der Waals surface area contributed by atoms with Crippen LogP contribution in [0, 0.1) is 0 Å². The third-order valence-electron chi connectivity index (χ3n) is 3.56. The van der Waals surface area contributed by atoms with Gasteiger partial charge < -0.3 is 10.4 Å². The van der Waals surface area contributed by atoms with Crippen molar-refractivity contribution in [3.8, 4) is 0 Å². The van der Waals surface area contributed by atoms with Crippen molar-refractivity contribution in [3.05, 3.63) is 65.7 Å². The van der Waals surface area contributed by atoms with E-state index < -0.39 is 11.4 Å². The van der Waals surface area contributed by atoms with Crippen molar-refractivity contribution in [2.45, 2.75) is 19.3 Å². The molecule has 0 aliphatic carbocycles. The average Bonchev–Trinajstić information content (AvgIpc) is 2.47. The van der Waals surface area contributed by atoms with Crippen LogP contribution in [-0.4, -0.2) is 17.0 Å². The summed E-state index contributed by atoms with van der Waals surface area (Å²) in [5.41, 5.74) is 0.892. The molecule has 1 atom stereocenters. The number of nitrogens with one attached hydrogen (secondary N) is 1. The van der Waals surface area contributed by atoms with Crippen molar-refractivity contribution >= 4 is 17.6 Å². The van der Waals surface area contributed by atoms with Crippen LogP contribution in [0.5, 0.6) is 0 Å². The molecule has 2 aromatic carbocycles. The molecule has 0 saturated carbocycles. The largest absolute Gasteiger partial charge is 0.480 e. The van der Waals surface area contributed by atoms with E-state index in [9.17, 15) is 14.7 Å². The van der Waals surface area contributed by atoms with Crippen LogP contribution in [0.1, 0.15) is 25.0 Å². The van der Waals surface area contributed by atoms with Crippen molar-refractivity contribution in [3.63, 3.8) is 0 Å². The lowest BCUT2D eigenvalue weighted by atomic mass is 9.76. The van der Waals surface area contributed by atoms with Crippen LogP contribution < -0.4 is 5.32 Å². The van der Waals surface area contributed by atoms with E-state index in [4.69, 9.17) is 0 Å². The van der Waals surface area contributed by atoms with Crippen molar-refractivity contribution < 1.29 is 14.7 Å². The molecule has 0 aliphatic heterocycles. The molecule has 0 spiro atoms. The number of hydrogen-bond acceptors (Lipinski definition) is 2. The Morgan fingerprint density at radius 1 is 0.952 bits per heavy atom. The van der Waals surface area contributed by atoms with Gasteiger partial charge in [-0.05, 0) is 30.2 Å². The highest BCUT2D eigenvalue weighted by Crippen LogP contribution is 2.32. The van der Waals surface area contributed by atoms with Gasteiger partial charge in [-0.25, -0.2) is 0 Å². The zero-order valence-electron chi connectivity index (χ0n) is 12.0. The average molecular weight is 283 g/mol. The summed E-state index contributed by atoms with van der Waals surface area (Å²) < 4.78 is 0. The molecule has 0 fully saturated rings. The van der Waals surface area contributed by atoms with Crippen LogP contribution in [-0.2, 0) is 15.0 Å². The minimum Gasteiger partial charge on any atom is -0.480 e. The number of rotatable bonds is 4. The van der Waals surface area contributed by atoms with E-state index in [1.807, 2.05) is 18.2 Å². The first-order chi connectivity index (χ1) is 9.94. The Labute approximate surface area is 123 Å². The highest BCUT2D eigenvalue weighted by Gasteiger charge is 2.36. The van der Waals surface area contributed by atoms with Crippen LogP contribution >= 0.6 is 0 Å². The van der Waals surface area contributed by atoms with Crippen molar-refractivity contribution in [1.82, 2.24) is 0 Å². The van der Waals surface area contributed by atoms with Crippen LogP contribution in [0.25, 0.3) is 0 Å². The molecule has 0 saturated heterocycles. The van der Waals surface area contributed by atoms with Gasteiger partial charge in [-0.1, -0.05) is 42.5 Å². The second kappa shape index (κ2) is 5.79. The molecule has 0 aromatic heterocycles. The van der Waals surface area contributed by atoms with Gasteiger partial charge in [0.15, 0.2) is 0 Å². The molecule has 2 N–H and O–H groups in total. The first kappa shape index (κ1) is 14.8. The van der Waals surface area contributed by atoms with Crippen LogP contribution in [0.2, 0.25) is 0 Å². The molecule has 0 heterocycles. The Morgan fingerprint density at radius 2 is 1.48 bits per heavy atom. The molecule has 1 unspecified atom stereocenters. The molecule has 4 heteroatoms. The quantitative estimate of drug-likeness (QED) is 0.906. The second-order valence-electron chi connectivity index (χ2n) is 5.05. The van der Waals surface area contributed by atoms with Gasteiger partial charge >= 0.3 is 5.97 Å². The number of benzene rings is 2. The summed E-state index contributed by atoms with van der Waals surface area (Å²) in [6.07, 6.45) is 0. The van der Waals surface area contributed by atoms with Crippen molar-refractivity contribution in [2.24, 2.45) is 0 Å². The summed E-state index contributed by atoms with van der Waals surface area (Å²) in [5, 5.41) is 12.4. The molecule has 0 radical (unpaired) electrons. The molecule has 2 aromatic rings. The van der Waals surface area contributed by atoms with Gasteiger partial charge in [-0.3, -0.25) is 9.59 Å². The Bertz CT molecular complexity index is 649. The number of carbonyl (C=O) groups is 2. The second-order valence-corrected chi connectivity index (χ2v) is 5.05. The lowest BCUT2D eigenvalue weighted by Gasteiger charge is -2.26. The highest BCUT2D eigenvalue weighted by molar-refractivity contribution is 5.89. The molecule has 0 bridgehead atoms. The zero-order valence-corrected chi connectivity index (χ0v) is 12.0. The smallest absolute Gasteiger partial charge is 0.318 e. The molecule has 21 heavy (non-hydrogen) atoms. The maximum atomic E-state index is 11.8. The first-order valence-electron chi connectivity index (χ1n) is 6.61. The third kappa shape index (κ3) is 2.94. The third-order valence-corrected chi connectivity index (χ3v) is 3.56. The lowest BCUT2D eigenvalue weighted by Crippen LogP contribution is -2.33. The van der Waals surface area contributed by atoms with E-state index in [1.165, 1.54) is 6.92 Å². The van der Waals surface area contributed by atoms with Crippen LogP contribution in [0.4, 0.5) is 5.69 Å². The Morgan fingerprint density at radius 3 is 1.95 bits per heavy atom. The number of carboxylic acids is 1. The Hall–Kier alpha value is -2.62. The topological polar surface area (TPSA) is 66.4 Å². The van der Waals surface area contributed by atoms with E-state index in [0.29, 0.717) is 16.8 Å². The molecular weight excluding hydrogens is 266 g/mol. The Kier molecular flexibility index (Phi) is 4.08. The minimum atomic E-state index is -1.13. The van der Waals surface area contributed by atoms with E-state index in [1.54, 1.807) is 43.3 Å². The predicted octanol–water partition coefficient (Wildman–Crippen LogP) is 3.04. The van der Waals surface area contributed by atoms with Gasteiger partial charge in [-0.15, -0.1) is 0 Å². The van der Waals surface area contributed by atoms with Crippen molar-refractivity contribution in [2.75, 3.05) is 5.32 Å². The summed E-state index contributed by atoms with van der Waals surface area (Å²) >= 11 is 0. The molecule has 2 rings (SSSR count). The van der Waals surface area contributed by atoms with Gasteiger partial charge in [0, 0.05) is 12.6 Å². The zero-order chi connectivity index (χ0) is 15.5. The van der Waals surface area contributed by atoms with Crippen LogP contribution in [0.15, 0.2) is 54.6 Å². The fourth-order valence-corrected chi connectivity index (χ4v) is 2.28. The standard InChI is InChI=1S/C17H17NO3/c1-12(19)18-15-10-8-14(9-11-15)17(2,16(20)21)13-6-4-3-5-7-13/h3-11H,1-2H3,(H,18,19)(H,20,21). The highest BCUT2D eigenvalue weighted by atomic mass is 16.4. The number of amides is 1. The minimum absolute atomic E-state index is 0.160. The van der Waals surface area contributed by atoms with Crippen LogP contribution in [0.3, 0.4) is 0 Å². The van der Waals surface area contributed by atoms with E-state index in [2.05, 4.69) is 5.32 Å². The molecule has 4 nitrogen and oxygen atoms in total. The fourth-order valence-electron chi connectivity index (χ4n) is 2.28. The Balaban J connectivity index is 2.44. The predicted molar refractivity (Wildman–Crippen MR) is 81.3 cm³/mol. The van der Waals surface area contributed by atoms with Gasteiger partial charge in [0.1, 0.15) is 5.41 Å². The van der Waals surface area contributed by atoms with E-state index >= 15 is 0 Å². The maximum Gasteiger partial charge on any atom is 0.318 e. The van der Waals surface area contributed by atoms with Gasteiger partial charge in [0.25, 0.3) is 0 Å².